The minimum Gasteiger partial charge on any atom is -0.480 e. The van der Waals surface area contributed by atoms with Crippen molar-refractivity contribution in [3.05, 3.63) is 35.9 Å². The van der Waals surface area contributed by atoms with Crippen molar-refractivity contribution in [2.45, 2.75) is 38.6 Å². The molecule has 0 spiro atoms. The smallest absolute Gasteiger partial charge is 0.320 e. The summed E-state index contributed by atoms with van der Waals surface area (Å²) in [7, 11) is 0. The number of benzene rings is 1. The first kappa shape index (κ1) is 14.1. The average Bonchev–Trinajstić information content (AvgIpc) is 2.42. The predicted octanol–water partition coefficient (Wildman–Crippen LogP) is 2.80. The molecule has 3 heteroatoms. The van der Waals surface area contributed by atoms with E-state index in [0.717, 1.165) is 32.4 Å². The average molecular weight is 261 g/mol. The predicted molar refractivity (Wildman–Crippen MR) is 76.2 cm³/mol. The molecule has 1 saturated heterocycles. The molecular weight excluding hydrogens is 238 g/mol. The van der Waals surface area contributed by atoms with Crippen LogP contribution in [0.3, 0.4) is 0 Å². The standard InChI is InChI=1S/C16H23NO2/c1-2-15(16(18)19)17-10-8-14(9-11-17)12-13-6-4-3-5-7-13/h3-7,14-15H,2,8-12H2,1H3,(H,18,19). The topological polar surface area (TPSA) is 40.5 Å². The molecule has 0 bridgehead atoms. The second kappa shape index (κ2) is 6.71. The summed E-state index contributed by atoms with van der Waals surface area (Å²) in [5.74, 6) is 0.0222. The highest BCUT2D eigenvalue weighted by atomic mass is 16.4. The summed E-state index contributed by atoms with van der Waals surface area (Å²) in [6.07, 6.45) is 4.04. The van der Waals surface area contributed by atoms with E-state index in [1.54, 1.807) is 0 Å². The Kier molecular flexibility index (Phi) is 4.97. The fourth-order valence-corrected chi connectivity index (χ4v) is 3.01. The van der Waals surface area contributed by atoms with Gasteiger partial charge in [-0.2, -0.15) is 0 Å². The lowest BCUT2D eigenvalue weighted by molar-refractivity contribution is -0.144. The van der Waals surface area contributed by atoms with Crippen LogP contribution in [0.25, 0.3) is 0 Å². The largest absolute Gasteiger partial charge is 0.480 e. The van der Waals surface area contributed by atoms with E-state index < -0.39 is 5.97 Å². The molecule has 1 aliphatic heterocycles. The molecule has 1 fully saturated rings. The molecule has 0 radical (unpaired) electrons. The minimum atomic E-state index is -0.677. The van der Waals surface area contributed by atoms with Crippen molar-refractivity contribution in [1.29, 1.82) is 0 Å². The first-order valence-electron chi connectivity index (χ1n) is 7.21. The van der Waals surface area contributed by atoms with E-state index in [-0.39, 0.29) is 6.04 Å². The second-order valence-corrected chi connectivity index (χ2v) is 5.43. The molecule has 1 atom stereocenters. The number of hydrogen-bond acceptors (Lipinski definition) is 2. The summed E-state index contributed by atoms with van der Waals surface area (Å²) in [4.78, 5) is 13.3. The number of rotatable bonds is 5. The maximum Gasteiger partial charge on any atom is 0.320 e. The molecule has 1 unspecified atom stereocenters. The van der Waals surface area contributed by atoms with Gasteiger partial charge in [0.1, 0.15) is 6.04 Å². The van der Waals surface area contributed by atoms with Gasteiger partial charge >= 0.3 is 5.97 Å². The highest BCUT2D eigenvalue weighted by Crippen LogP contribution is 2.23. The van der Waals surface area contributed by atoms with Crippen LogP contribution in [0.5, 0.6) is 0 Å². The van der Waals surface area contributed by atoms with Crippen LogP contribution in [-0.4, -0.2) is 35.1 Å². The van der Waals surface area contributed by atoms with E-state index in [4.69, 9.17) is 0 Å². The van der Waals surface area contributed by atoms with Crippen molar-refractivity contribution in [3.63, 3.8) is 0 Å². The third-order valence-electron chi connectivity index (χ3n) is 4.13. The lowest BCUT2D eigenvalue weighted by Gasteiger charge is -2.35. The lowest BCUT2D eigenvalue weighted by Crippen LogP contribution is -2.45. The van der Waals surface area contributed by atoms with Crippen LogP contribution in [0, 0.1) is 5.92 Å². The molecule has 1 aromatic rings. The van der Waals surface area contributed by atoms with Gasteiger partial charge in [0.2, 0.25) is 0 Å². The summed E-state index contributed by atoms with van der Waals surface area (Å²) in [5, 5.41) is 9.18. The van der Waals surface area contributed by atoms with Gasteiger partial charge in [-0.3, -0.25) is 9.69 Å². The van der Waals surface area contributed by atoms with Gasteiger partial charge in [-0.25, -0.2) is 0 Å². The zero-order valence-corrected chi connectivity index (χ0v) is 11.6. The highest BCUT2D eigenvalue weighted by molar-refractivity contribution is 5.73. The Labute approximate surface area is 115 Å². The van der Waals surface area contributed by atoms with Crippen molar-refractivity contribution in [2.75, 3.05) is 13.1 Å². The number of carboxylic acids is 1. The van der Waals surface area contributed by atoms with Crippen LogP contribution >= 0.6 is 0 Å². The van der Waals surface area contributed by atoms with Crippen LogP contribution in [0.2, 0.25) is 0 Å². The van der Waals surface area contributed by atoms with Gasteiger partial charge in [0, 0.05) is 0 Å². The minimum absolute atomic E-state index is 0.294. The SMILES string of the molecule is CCC(C(=O)O)N1CCC(Cc2ccccc2)CC1. The fourth-order valence-electron chi connectivity index (χ4n) is 3.01. The molecule has 19 heavy (non-hydrogen) atoms. The van der Waals surface area contributed by atoms with E-state index in [0.29, 0.717) is 12.3 Å². The Morgan fingerprint density at radius 3 is 2.47 bits per heavy atom. The molecule has 0 aliphatic carbocycles. The lowest BCUT2D eigenvalue weighted by atomic mass is 9.89. The quantitative estimate of drug-likeness (QED) is 0.886. The number of carbonyl (C=O) groups is 1. The van der Waals surface area contributed by atoms with Gasteiger partial charge < -0.3 is 5.11 Å². The summed E-state index contributed by atoms with van der Waals surface area (Å²) >= 11 is 0. The van der Waals surface area contributed by atoms with E-state index >= 15 is 0 Å². The van der Waals surface area contributed by atoms with Crippen LogP contribution in [0.15, 0.2) is 30.3 Å². The fraction of sp³-hybridized carbons (Fsp3) is 0.562. The summed E-state index contributed by atoms with van der Waals surface area (Å²) in [5.41, 5.74) is 1.39. The molecule has 0 amide bonds. The molecule has 1 aliphatic rings. The summed E-state index contributed by atoms with van der Waals surface area (Å²) in [6, 6.07) is 10.3. The van der Waals surface area contributed by atoms with Gasteiger partial charge in [0.15, 0.2) is 0 Å². The number of aliphatic carboxylic acids is 1. The Bertz CT molecular complexity index is 396. The van der Waals surface area contributed by atoms with Crippen molar-refractivity contribution in [2.24, 2.45) is 5.92 Å². The normalized spacial score (nSPS) is 19.2. The molecule has 104 valence electrons. The van der Waals surface area contributed by atoms with E-state index in [1.165, 1.54) is 5.56 Å². The van der Waals surface area contributed by atoms with Gasteiger partial charge in [0.05, 0.1) is 0 Å². The van der Waals surface area contributed by atoms with E-state index in [1.807, 2.05) is 13.0 Å². The Morgan fingerprint density at radius 2 is 1.95 bits per heavy atom. The molecule has 1 N–H and O–H groups in total. The number of carboxylic acid groups (broad SMARTS) is 1. The Hall–Kier alpha value is -1.35. The van der Waals surface area contributed by atoms with Crippen molar-refractivity contribution in [3.8, 4) is 0 Å². The number of piperidine rings is 1. The van der Waals surface area contributed by atoms with E-state index in [9.17, 15) is 9.90 Å². The van der Waals surface area contributed by atoms with E-state index in [2.05, 4.69) is 29.2 Å². The maximum absolute atomic E-state index is 11.2. The molecule has 2 rings (SSSR count). The van der Waals surface area contributed by atoms with Crippen LogP contribution in [0.4, 0.5) is 0 Å². The monoisotopic (exact) mass is 261 g/mol. The molecular formula is C16H23NO2. The number of hydrogen-bond donors (Lipinski definition) is 1. The third kappa shape index (κ3) is 3.80. The Balaban J connectivity index is 1.84. The summed E-state index contributed by atoms with van der Waals surface area (Å²) < 4.78 is 0. The van der Waals surface area contributed by atoms with Crippen molar-refractivity contribution >= 4 is 5.97 Å². The van der Waals surface area contributed by atoms with Gasteiger partial charge in [-0.15, -0.1) is 0 Å². The van der Waals surface area contributed by atoms with Crippen LogP contribution < -0.4 is 0 Å². The first-order valence-corrected chi connectivity index (χ1v) is 7.21. The Morgan fingerprint density at radius 1 is 1.32 bits per heavy atom. The molecule has 0 saturated carbocycles. The molecule has 1 heterocycles. The third-order valence-corrected chi connectivity index (χ3v) is 4.13. The van der Waals surface area contributed by atoms with Crippen molar-refractivity contribution in [1.82, 2.24) is 4.90 Å². The van der Waals surface area contributed by atoms with Crippen molar-refractivity contribution < 1.29 is 9.90 Å². The molecule has 3 nitrogen and oxygen atoms in total. The second-order valence-electron chi connectivity index (χ2n) is 5.43. The highest BCUT2D eigenvalue weighted by Gasteiger charge is 2.28. The van der Waals surface area contributed by atoms with Gasteiger partial charge in [-0.1, -0.05) is 37.3 Å². The zero-order valence-electron chi connectivity index (χ0n) is 11.6. The number of likely N-dealkylation sites (tertiary alicyclic amines) is 1. The van der Waals surface area contributed by atoms with Gasteiger partial charge in [0.25, 0.3) is 0 Å². The molecule has 0 aromatic heterocycles. The summed E-state index contributed by atoms with van der Waals surface area (Å²) in [6.45, 7) is 3.79. The first-order chi connectivity index (χ1) is 9.20. The van der Waals surface area contributed by atoms with Crippen LogP contribution in [-0.2, 0) is 11.2 Å². The maximum atomic E-state index is 11.2. The molecule has 1 aromatic carbocycles. The van der Waals surface area contributed by atoms with Gasteiger partial charge in [-0.05, 0) is 50.3 Å². The zero-order chi connectivity index (χ0) is 13.7. The van der Waals surface area contributed by atoms with Crippen LogP contribution in [0.1, 0.15) is 31.7 Å². The number of nitrogens with zero attached hydrogens (tertiary/aromatic N) is 1.